The molecule has 7 heteroatoms. The number of morpholine rings is 1. The summed E-state index contributed by atoms with van der Waals surface area (Å²) < 4.78 is 18.9. The Hall–Kier alpha value is -2.28. The third kappa shape index (κ3) is 3.88. The average Bonchev–Trinajstić information content (AvgIpc) is 2.70. The van der Waals surface area contributed by atoms with Gasteiger partial charge >= 0.3 is 0 Å². The molecule has 0 aromatic heterocycles. The molecule has 0 N–H and O–H groups in total. The van der Waals surface area contributed by atoms with Crippen molar-refractivity contribution in [2.45, 2.75) is 57.2 Å². The lowest BCUT2D eigenvalue weighted by Crippen LogP contribution is -2.57. The molecule has 4 rings (SSSR count). The number of hydrazone groups is 1. The van der Waals surface area contributed by atoms with Crippen molar-refractivity contribution in [3.05, 3.63) is 35.6 Å². The number of amides is 2. The Morgan fingerprint density at radius 2 is 1.96 bits per heavy atom. The number of hydrogen-bond acceptors (Lipinski definition) is 4. The van der Waals surface area contributed by atoms with E-state index in [0.717, 1.165) is 31.2 Å². The molecular weight excluding hydrogens is 349 g/mol. The summed E-state index contributed by atoms with van der Waals surface area (Å²) in [7, 11) is 0. The minimum Gasteiger partial charge on any atom is -0.374 e. The number of fused-ring (bicyclic) bond motifs is 1. The van der Waals surface area contributed by atoms with Gasteiger partial charge in [0.1, 0.15) is 11.5 Å². The van der Waals surface area contributed by atoms with E-state index in [1.165, 1.54) is 17.1 Å². The van der Waals surface area contributed by atoms with E-state index in [-0.39, 0.29) is 42.7 Å². The van der Waals surface area contributed by atoms with Crippen molar-refractivity contribution in [1.82, 2.24) is 9.91 Å². The second kappa shape index (κ2) is 7.76. The van der Waals surface area contributed by atoms with Crippen LogP contribution in [0.5, 0.6) is 0 Å². The average molecular weight is 373 g/mol. The number of halogens is 1. The lowest BCUT2D eigenvalue weighted by atomic mass is 9.89. The quantitative estimate of drug-likeness (QED) is 0.818. The van der Waals surface area contributed by atoms with Gasteiger partial charge in [0.15, 0.2) is 0 Å². The Bertz CT molecular complexity index is 747. The fourth-order valence-corrected chi connectivity index (χ4v) is 4.16. The van der Waals surface area contributed by atoms with E-state index in [1.807, 2.05) is 4.90 Å². The highest BCUT2D eigenvalue weighted by Crippen LogP contribution is 2.29. The van der Waals surface area contributed by atoms with Crippen LogP contribution in [-0.4, -0.2) is 52.7 Å². The summed E-state index contributed by atoms with van der Waals surface area (Å²) in [6.45, 7) is 1.37. The van der Waals surface area contributed by atoms with Crippen molar-refractivity contribution in [3.63, 3.8) is 0 Å². The predicted octanol–water partition coefficient (Wildman–Crippen LogP) is 2.47. The van der Waals surface area contributed by atoms with Crippen LogP contribution in [-0.2, 0) is 20.9 Å². The minimum absolute atomic E-state index is 0.0770. The summed E-state index contributed by atoms with van der Waals surface area (Å²) in [5, 5.41) is 5.70. The zero-order valence-corrected chi connectivity index (χ0v) is 15.3. The van der Waals surface area contributed by atoms with Gasteiger partial charge in [0, 0.05) is 19.4 Å². The molecule has 0 bridgehead atoms. The van der Waals surface area contributed by atoms with Crippen LogP contribution in [0.1, 0.15) is 44.1 Å². The van der Waals surface area contributed by atoms with E-state index in [1.54, 1.807) is 12.1 Å². The molecule has 0 spiro atoms. The highest BCUT2D eigenvalue weighted by atomic mass is 19.1. The minimum atomic E-state index is -0.322. The van der Waals surface area contributed by atoms with Gasteiger partial charge in [-0.1, -0.05) is 25.0 Å². The van der Waals surface area contributed by atoms with E-state index in [9.17, 15) is 14.0 Å². The molecule has 0 radical (unpaired) electrons. The number of rotatable bonds is 3. The lowest BCUT2D eigenvalue weighted by molar-refractivity contribution is -0.143. The van der Waals surface area contributed by atoms with Crippen molar-refractivity contribution < 1.29 is 18.7 Å². The molecule has 2 unspecified atom stereocenters. The molecule has 6 nitrogen and oxygen atoms in total. The number of carbonyl (C=O) groups is 2. The molecule has 1 aliphatic carbocycles. The smallest absolute Gasteiger partial charge is 0.270 e. The number of benzene rings is 1. The SMILES string of the molecule is O=C1CCC(C(=O)N2CCOC3CCCCC32)=NN1Cc1ccc(F)cc1. The summed E-state index contributed by atoms with van der Waals surface area (Å²) in [5.41, 5.74) is 1.21. The van der Waals surface area contributed by atoms with Crippen LogP contribution in [0.3, 0.4) is 0 Å². The summed E-state index contributed by atoms with van der Waals surface area (Å²) in [4.78, 5) is 27.2. The fourth-order valence-electron chi connectivity index (χ4n) is 4.16. The normalized spacial score (nSPS) is 25.8. The molecule has 2 aliphatic heterocycles. The molecule has 3 aliphatic rings. The predicted molar refractivity (Wildman–Crippen MR) is 97.3 cm³/mol. The summed E-state index contributed by atoms with van der Waals surface area (Å²) >= 11 is 0. The molecular formula is C20H24FN3O3. The standard InChI is InChI=1S/C20H24FN3O3/c21-15-7-5-14(6-8-15)13-24-19(25)10-9-16(22-24)20(26)23-11-12-27-18-4-2-1-3-17(18)23/h5-8,17-18H,1-4,9-13H2. The number of nitrogens with zero attached hydrogens (tertiary/aromatic N) is 3. The third-order valence-electron chi connectivity index (χ3n) is 5.59. The van der Waals surface area contributed by atoms with Gasteiger partial charge in [0.2, 0.25) is 5.91 Å². The Morgan fingerprint density at radius 1 is 1.19 bits per heavy atom. The second-order valence-corrected chi connectivity index (χ2v) is 7.38. The highest BCUT2D eigenvalue weighted by Gasteiger charge is 2.39. The monoisotopic (exact) mass is 373 g/mol. The van der Waals surface area contributed by atoms with Crippen molar-refractivity contribution in [2.75, 3.05) is 13.2 Å². The van der Waals surface area contributed by atoms with Crippen molar-refractivity contribution in [3.8, 4) is 0 Å². The molecule has 1 saturated heterocycles. The van der Waals surface area contributed by atoms with Crippen molar-refractivity contribution >= 4 is 17.5 Å². The summed E-state index contributed by atoms with van der Waals surface area (Å²) in [5.74, 6) is -0.516. The molecule has 2 fully saturated rings. The number of hydrogen-bond donors (Lipinski definition) is 0. The van der Waals surface area contributed by atoms with E-state index in [2.05, 4.69) is 5.10 Å². The van der Waals surface area contributed by atoms with Crippen molar-refractivity contribution in [1.29, 1.82) is 0 Å². The number of ether oxygens (including phenoxy) is 1. The molecule has 1 aromatic carbocycles. The van der Waals surface area contributed by atoms with Crippen LogP contribution in [0, 0.1) is 5.82 Å². The maximum absolute atomic E-state index is 13.1. The highest BCUT2D eigenvalue weighted by molar-refractivity contribution is 6.39. The Kier molecular flexibility index (Phi) is 5.20. The first-order chi connectivity index (χ1) is 13.1. The topological polar surface area (TPSA) is 62.2 Å². The van der Waals surface area contributed by atoms with Gasteiger partial charge in [-0.05, 0) is 30.5 Å². The van der Waals surface area contributed by atoms with E-state index in [0.29, 0.717) is 25.3 Å². The Morgan fingerprint density at radius 3 is 2.78 bits per heavy atom. The van der Waals surface area contributed by atoms with Gasteiger partial charge < -0.3 is 9.64 Å². The first-order valence-corrected chi connectivity index (χ1v) is 9.66. The van der Waals surface area contributed by atoms with Gasteiger partial charge in [-0.15, -0.1) is 0 Å². The van der Waals surface area contributed by atoms with Gasteiger partial charge in [-0.2, -0.15) is 5.10 Å². The first kappa shape index (κ1) is 18.1. The zero-order chi connectivity index (χ0) is 18.8. The Labute approximate surface area is 158 Å². The van der Waals surface area contributed by atoms with Gasteiger partial charge in [-0.25, -0.2) is 9.40 Å². The molecule has 2 heterocycles. The lowest BCUT2D eigenvalue weighted by Gasteiger charge is -2.44. The van der Waals surface area contributed by atoms with Crippen molar-refractivity contribution in [2.24, 2.45) is 5.10 Å². The van der Waals surface area contributed by atoms with Crippen LogP contribution < -0.4 is 0 Å². The maximum Gasteiger partial charge on any atom is 0.270 e. The van der Waals surface area contributed by atoms with E-state index >= 15 is 0 Å². The van der Waals surface area contributed by atoms with Gasteiger partial charge in [-0.3, -0.25) is 9.59 Å². The fraction of sp³-hybridized carbons (Fsp3) is 0.550. The van der Waals surface area contributed by atoms with Gasteiger partial charge in [0.05, 0.1) is 25.3 Å². The van der Waals surface area contributed by atoms with Crippen LogP contribution in [0.15, 0.2) is 29.4 Å². The number of carbonyl (C=O) groups excluding carboxylic acids is 2. The second-order valence-electron chi connectivity index (χ2n) is 7.38. The Balaban J connectivity index is 1.50. The summed E-state index contributed by atoms with van der Waals surface area (Å²) in [6.07, 6.45) is 4.96. The van der Waals surface area contributed by atoms with Crippen LogP contribution in [0.4, 0.5) is 4.39 Å². The molecule has 144 valence electrons. The molecule has 2 amide bonds. The van der Waals surface area contributed by atoms with E-state index < -0.39 is 0 Å². The molecule has 2 atom stereocenters. The molecule has 1 aromatic rings. The molecule has 27 heavy (non-hydrogen) atoms. The third-order valence-corrected chi connectivity index (χ3v) is 5.59. The van der Waals surface area contributed by atoms with Crippen LogP contribution in [0.25, 0.3) is 0 Å². The first-order valence-electron chi connectivity index (χ1n) is 9.66. The van der Waals surface area contributed by atoms with Crippen LogP contribution >= 0.6 is 0 Å². The van der Waals surface area contributed by atoms with E-state index in [4.69, 9.17) is 4.74 Å². The maximum atomic E-state index is 13.1. The molecule has 1 saturated carbocycles. The zero-order valence-electron chi connectivity index (χ0n) is 15.3. The van der Waals surface area contributed by atoms with Crippen LogP contribution in [0.2, 0.25) is 0 Å². The largest absolute Gasteiger partial charge is 0.374 e. The van der Waals surface area contributed by atoms with Gasteiger partial charge in [0.25, 0.3) is 5.91 Å². The summed E-state index contributed by atoms with van der Waals surface area (Å²) in [6, 6.07) is 6.09.